The lowest BCUT2D eigenvalue weighted by molar-refractivity contribution is -0.139. The van der Waals surface area contributed by atoms with E-state index in [9.17, 15) is 31.2 Å². The minimum Gasteiger partial charge on any atom is -0.352 e. The third-order valence-corrected chi connectivity index (χ3v) is 13.1. The van der Waals surface area contributed by atoms with E-state index in [1.165, 1.54) is 16.4 Å². The third kappa shape index (κ3) is 8.70. The molecule has 15 heteroatoms. The number of carbonyl (C=O) groups excluding carboxylic acids is 2. The van der Waals surface area contributed by atoms with E-state index in [1.54, 1.807) is 6.92 Å². The molecule has 6 rings (SSSR count). The van der Waals surface area contributed by atoms with E-state index in [-0.39, 0.29) is 29.3 Å². The van der Waals surface area contributed by atoms with Gasteiger partial charge >= 0.3 is 6.18 Å². The third-order valence-electron chi connectivity index (χ3n) is 10.7. The molecule has 0 bridgehead atoms. The molecule has 1 aliphatic carbocycles. The summed E-state index contributed by atoms with van der Waals surface area (Å²) in [5, 5.41) is 7.20. The number of aromatic nitrogens is 2. The molecule has 1 aromatic carbocycles. The maximum Gasteiger partial charge on any atom is 0.417 e. The first-order valence-corrected chi connectivity index (χ1v) is 20.7. The number of hydrogen-bond acceptors (Lipinski definition) is 7. The van der Waals surface area contributed by atoms with Crippen LogP contribution in [0.1, 0.15) is 88.0 Å². The van der Waals surface area contributed by atoms with Gasteiger partial charge in [-0.3, -0.25) is 14.3 Å². The van der Waals surface area contributed by atoms with E-state index >= 15 is 0 Å². The van der Waals surface area contributed by atoms with Gasteiger partial charge in [0.1, 0.15) is 0 Å². The molecular weight excluding hydrogens is 690 g/mol. The van der Waals surface area contributed by atoms with E-state index in [2.05, 4.69) is 10.2 Å². The van der Waals surface area contributed by atoms with Gasteiger partial charge < -0.3 is 15.1 Å². The molecule has 1 unspecified atom stereocenters. The predicted molar refractivity (Wildman–Crippen MR) is 187 cm³/mol. The van der Waals surface area contributed by atoms with Crippen molar-refractivity contribution < 1.29 is 31.2 Å². The Balaban J connectivity index is 1.20. The number of benzene rings is 1. The van der Waals surface area contributed by atoms with Gasteiger partial charge in [0, 0.05) is 85.9 Å². The zero-order valence-electron chi connectivity index (χ0n) is 29.0. The highest BCUT2D eigenvalue weighted by Crippen LogP contribution is 2.41. The minimum absolute atomic E-state index is 0.0495. The zero-order valence-corrected chi connectivity index (χ0v) is 30.6. The average molecular weight is 739 g/mol. The van der Waals surface area contributed by atoms with Crippen molar-refractivity contribution in [3.63, 3.8) is 0 Å². The number of piperidine rings is 1. The van der Waals surface area contributed by atoms with Gasteiger partial charge in [0.25, 0.3) is 0 Å². The van der Waals surface area contributed by atoms with Crippen molar-refractivity contribution >= 4 is 33.6 Å². The Bertz CT molecular complexity index is 1650. The Morgan fingerprint density at radius 1 is 1.02 bits per heavy atom. The number of carbonyl (C=O) groups is 2. The highest BCUT2D eigenvalue weighted by Gasteiger charge is 2.36. The van der Waals surface area contributed by atoms with Gasteiger partial charge in [-0.2, -0.15) is 22.6 Å². The molecule has 1 atom stereocenters. The quantitative estimate of drug-likeness (QED) is 0.312. The zero-order chi connectivity index (χ0) is 35.6. The van der Waals surface area contributed by atoms with Gasteiger partial charge in [-0.25, -0.2) is 8.42 Å². The number of alkyl halides is 3. The summed E-state index contributed by atoms with van der Waals surface area (Å²) < 4.78 is 71.2. The van der Waals surface area contributed by atoms with Crippen LogP contribution in [0.15, 0.2) is 23.1 Å². The number of amides is 2. The van der Waals surface area contributed by atoms with E-state index in [1.807, 2.05) is 9.58 Å². The summed E-state index contributed by atoms with van der Waals surface area (Å²) in [5.41, 5.74) is 1.73. The number of nitrogens with zero attached hydrogens (tertiary/aromatic N) is 5. The van der Waals surface area contributed by atoms with Crippen molar-refractivity contribution in [2.45, 2.75) is 119 Å². The van der Waals surface area contributed by atoms with E-state index in [4.69, 9.17) is 5.10 Å². The first-order chi connectivity index (χ1) is 23.8. The Labute approximate surface area is 297 Å². The van der Waals surface area contributed by atoms with Gasteiger partial charge in [0.15, 0.2) is 0 Å². The fourth-order valence-electron chi connectivity index (χ4n) is 7.93. The van der Waals surface area contributed by atoms with Gasteiger partial charge in [0.2, 0.25) is 21.8 Å². The fraction of sp³-hybridized carbons (Fsp3) is 0.686. The lowest BCUT2D eigenvalue weighted by Gasteiger charge is -2.36. The summed E-state index contributed by atoms with van der Waals surface area (Å²) in [4.78, 5) is 29.6. The van der Waals surface area contributed by atoms with E-state index < -0.39 is 27.0 Å². The van der Waals surface area contributed by atoms with Crippen LogP contribution in [0.5, 0.6) is 0 Å². The molecule has 0 radical (unpaired) electrons. The van der Waals surface area contributed by atoms with Crippen LogP contribution in [0, 0.1) is 0 Å². The monoisotopic (exact) mass is 738 g/mol. The van der Waals surface area contributed by atoms with Crippen LogP contribution in [0.25, 0.3) is 11.3 Å². The van der Waals surface area contributed by atoms with Crippen molar-refractivity contribution in [1.82, 2.24) is 29.2 Å². The maximum atomic E-state index is 14.2. The lowest BCUT2D eigenvalue weighted by Crippen LogP contribution is -2.45. The Kier molecular flexibility index (Phi) is 11.6. The number of rotatable bonds is 11. The van der Waals surface area contributed by atoms with Gasteiger partial charge in [0.05, 0.1) is 22.8 Å². The van der Waals surface area contributed by atoms with Crippen LogP contribution in [0.3, 0.4) is 0 Å². The van der Waals surface area contributed by atoms with Crippen LogP contribution in [-0.2, 0) is 45.3 Å². The summed E-state index contributed by atoms with van der Waals surface area (Å²) in [6.07, 6.45) is 6.26. The number of likely N-dealkylation sites (tertiary alicyclic amines) is 2. The van der Waals surface area contributed by atoms with Gasteiger partial charge in [-0.05, 0) is 64.1 Å². The maximum absolute atomic E-state index is 14.2. The lowest BCUT2D eigenvalue weighted by atomic mass is 9.95. The fourth-order valence-corrected chi connectivity index (χ4v) is 9.78. The summed E-state index contributed by atoms with van der Waals surface area (Å²) in [6.45, 7) is 6.17. The Morgan fingerprint density at radius 3 is 2.42 bits per heavy atom. The second kappa shape index (κ2) is 15.5. The second-order valence-corrected chi connectivity index (χ2v) is 17.6. The van der Waals surface area contributed by atoms with E-state index in [0.717, 1.165) is 114 Å². The predicted octanol–water partition coefficient (Wildman–Crippen LogP) is 5.29. The topological polar surface area (TPSA) is 108 Å². The number of halogens is 3. The molecule has 1 aromatic heterocycles. The first-order valence-electron chi connectivity index (χ1n) is 18.0. The number of aryl methyl sites for hydroxylation is 1. The average Bonchev–Trinajstić information content (AvgIpc) is 3.67. The van der Waals surface area contributed by atoms with E-state index in [0.29, 0.717) is 48.8 Å². The SMILES string of the molecule is CC(Sc1cc(-c2nn(CCCN3CCC(N4CCCC4=O)CC3)c3c2CN(S(C)(=O)=O)CC3)ccc1C(F)(F)F)C(=O)NC1CCCCC1. The molecule has 1 saturated carbocycles. The summed E-state index contributed by atoms with van der Waals surface area (Å²) in [5.74, 6) is -0.00906. The minimum atomic E-state index is -4.62. The highest BCUT2D eigenvalue weighted by atomic mass is 32.2. The van der Waals surface area contributed by atoms with Crippen LogP contribution in [0.2, 0.25) is 0 Å². The molecule has 4 heterocycles. The second-order valence-electron chi connectivity index (χ2n) is 14.3. The number of fused-ring (bicyclic) bond motifs is 1. The molecule has 10 nitrogen and oxygen atoms in total. The molecule has 2 saturated heterocycles. The summed E-state index contributed by atoms with van der Waals surface area (Å²) in [7, 11) is -3.51. The van der Waals surface area contributed by atoms with Crippen molar-refractivity contribution in [2.24, 2.45) is 0 Å². The molecule has 4 aliphatic rings. The van der Waals surface area contributed by atoms with Crippen molar-refractivity contribution in [2.75, 3.05) is 39.0 Å². The van der Waals surface area contributed by atoms with Crippen molar-refractivity contribution in [1.29, 1.82) is 0 Å². The standard InChI is InChI=1S/C35H49F3N6O4S2/c1-24(34(46)39-26-8-4-3-5-9-26)49-31-22-25(11-12-29(31)35(36,37)38)33-28-23-42(50(2,47)48)21-15-30(28)44(40-33)18-7-16-41-19-13-27(14-20-41)43-17-6-10-32(43)45/h11-12,22,24,26-27H,3-10,13-21,23H2,1-2H3,(H,39,46). The van der Waals surface area contributed by atoms with Crippen LogP contribution in [-0.4, -0.2) is 100 Å². The van der Waals surface area contributed by atoms with Crippen LogP contribution < -0.4 is 5.32 Å². The van der Waals surface area contributed by atoms with Crippen molar-refractivity contribution in [3.05, 3.63) is 35.0 Å². The molecular formula is C35H49F3N6O4S2. The summed E-state index contributed by atoms with van der Waals surface area (Å²) >= 11 is 0.889. The van der Waals surface area contributed by atoms with Crippen LogP contribution >= 0.6 is 11.8 Å². The highest BCUT2D eigenvalue weighted by molar-refractivity contribution is 8.00. The molecule has 2 aromatic rings. The molecule has 50 heavy (non-hydrogen) atoms. The molecule has 3 aliphatic heterocycles. The first kappa shape index (κ1) is 37.1. The molecule has 3 fully saturated rings. The largest absolute Gasteiger partial charge is 0.417 e. The van der Waals surface area contributed by atoms with Crippen molar-refractivity contribution in [3.8, 4) is 11.3 Å². The summed E-state index contributed by atoms with van der Waals surface area (Å²) in [6, 6.07) is 4.28. The van der Waals surface area contributed by atoms with Gasteiger partial charge in [-0.1, -0.05) is 25.3 Å². The molecule has 0 spiro atoms. The smallest absolute Gasteiger partial charge is 0.352 e. The van der Waals surface area contributed by atoms with Crippen LogP contribution in [0.4, 0.5) is 13.2 Å². The van der Waals surface area contributed by atoms with Gasteiger partial charge in [-0.15, -0.1) is 11.8 Å². The number of hydrogen-bond donors (Lipinski definition) is 1. The number of thioether (sulfide) groups is 1. The molecule has 2 amide bonds. The number of nitrogens with one attached hydrogen (secondary N) is 1. The number of sulfonamides is 1. The Morgan fingerprint density at radius 2 is 1.76 bits per heavy atom. The Hall–Kier alpha value is -2.62. The molecule has 1 N–H and O–H groups in total. The normalized spacial score (nSPS) is 21.1. The molecule has 276 valence electrons.